The Labute approximate surface area is 322 Å². The van der Waals surface area contributed by atoms with Crippen LogP contribution in [0.25, 0.3) is 110 Å². The first-order valence-corrected chi connectivity index (χ1v) is 19.1. The third kappa shape index (κ3) is 4.60. The number of fused-ring (bicyclic) bond motifs is 10. The predicted octanol–water partition coefficient (Wildman–Crippen LogP) is 13.5. The Morgan fingerprint density at radius 3 is 1.79 bits per heavy atom. The normalized spacial score (nSPS) is 11.9. The molecule has 3 aromatic heterocycles. The van der Waals surface area contributed by atoms with Gasteiger partial charge in [0.1, 0.15) is 5.82 Å². The molecule has 4 heteroatoms. The van der Waals surface area contributed by atoms with Crippen LogP contribution in [0.3, 0.4) is 0 Å². The highest BCUT2D eigenvalue weighted by atomic mass is 15.1. The van der Waals surface area contributed by atoms with Gasteiger partial charge < -0.3 is 4.57 Å². The molecule has 4 nitrogen and oxygen atoms in total. The van der Waals surface area contributed by atoms with Crippen molar-refractivity contribution in [2.24, 2.45) is 0 Å². The minimum absolute atomic E-state index is 0.697. The minimum Gasteiger partial charge on any atom is -0.309 e. The van der Waals surface area contributed by atoms with Crippen molar-refractivity contribution in [3.05, 3.63) is 194 Å². The Hall–Kier alpha value is -7.56. The molecule has 0 saturated carbocycles. The molecule has 12 aromatic rings. The van der Waals surface area contributed by atoms with Crippen molar-refractivity contribution in [1.29, 1.82) is 0 Å². The van der Waals surface area contributed by atoms with Gasteiger partial charge in [-0.25, -0.2) is 9.97 Å². The van der Waals surface area contributed by atoms with Crippen LogP contribution in [0, 0.1) is 0 Å². The lowest BCUT2D eigenvalue weighted by molar-refractivity contribution is 1.07. The molecule has 3 heterocycles. The molecule has 56 heavy (non-hydrogen) atoms. The fourth-order valence-electron chi connectivity index (χ4n) is 8.86. The third-order valence-electron chi connectivity index (χ3n) is 11.5. The van der Waals surface area contributed by atoms with Gasteiger partial charge in [-0.1, -0.05) is 146 Å². The standard InChI is InChI=1S/C52H32N4/c1-2-12-33(13-3-1)34-22-24-36(25-23-34)51-53-46-20-10-8-19-43(46)52(54-51)56-48-29-27-39(32-45(48)44-30-37-15-4-5-16-38(37)31-49(44)56)55-47-21-11-9-18-41(47)42-28-26-35-14-6-7-17-40(35)50(42)55/h1-32H. The zero-order valence-corrected chi connectivity index (χ0v) is 30.3. The second-order valence-corrected chi connectivity index (χ2v) is 14.6. The molecule has 0 aliphatic rings. The minimum atomic E-state index is 0.697. The van der Waals surface area contributed by atoms with E-state index >= 15 is 0 Å². The quantitative estimate of drug-likeness (QED) is 0.182. The molecule has 0 unspecified atom stereocenters. The highest BCUT2D eigenvalue weighted by Crippen LogP contribution is 2.41. The van der Waals surface area contributed by atoms with Crippen LogP contribution >= 0.6 is 0 Å². The van der Waals surface area contributed by atoms with Gasteiger partial charge in [-0.2, -0.15) is 0 Å². The lowest BCUT2D eigenvalue weighted by Crippen LogP contribution is -2.03. The van der Waals surface area contributed by atoms with E-state index in [1.807, 2.05) is 6.07 Å². The summed E-state index contributed by atoms with van der Waals surface area (Å²) in [7, 11) is 0. The number of rotatable bonds is 4. The van der Waals surface area contributed by atoms with E-state index in [-0.39, 0.29) is 0 Å². The van der Waals surface area contributed by atoms with Crippen LogP contribution in [0.4, 0.5) is 0 Å². The Balaban J connectivity index is 1.14. The average Bonchev–Trinajstić information content (AvgIpc) is 3.77. The molecule has 0 bridgehead atoms. The molecule has 0 spiro atoms. The van der Waals surface area contributed by atoms with Crippen molar-refractivity contribution in [3.63, 3.8) is 0 Å². The zero-order chi connectivity index (χ0) is 36.7. The SMILES string of the molecule is c1ccc(-c2ccc(-c3nc(-n4c5ccc(-n6c7ccccc7c7ccc8ccccc8c76)cc5c5cc6ccccc6cc54)c4ccccc4n3)cc2)cc1. The van der Waals surface area contributed by atoms with Gasteiger partial charge in [0.2, 0.25) is 0 Å². The maximum Gasteiger partial charge on any atom is 0.162 e. The number of nitrogens with zero attached hydrogens (tertiary/aromatic N) is 4. The molecule has 0 aliphatic heterocycles. The molecule has 0 atom stereocenters. The molecule has 0 fully saturated rings. The molecule has 0 N–H and O–H groups in total. The van der Waals surface area contributed by atoms with Crippen LogP contribution in [0.1, 0.15) is 0 Å². The van der Waals surface area contributed by atoms with Crippen LogP contribution in [0.5, 0.6) is 0 Å². The van der Waals surface area contributed by atoms with E-state index in [9.17, 15) is 0 Å². The molecular formula is C52H32N4. The maximum absolute atomic E-state index is 5.43. The summed E-state index contributed by atoms with van der Waals surface area (Å²) in [6.45, 7) is 0. The summed E-state index contributed by atoms with van der Waals surface area (Å²) in [6, 6.07) is 69.7. The van der Waals surface area contributed by atoms with Gasteiger partial charge in [-0.3, -0.25) is 4.57 Å². The summed E-state index contributed by atoms with van der Waals surface area (Å²) in [6.07, 6.45) is 0. The van der Waals surface area contributed by atoms with Crippen molar-refractivity contribution >= 4 is 76.1 Å². The highest BCUT2D eigenvalue weighted by Gasteiger charge is 2.21. The molecule has 260 valence electrons. The fraction of sp³-hybridized carbons (Fsp3) is 0. The van der Waals surface area contributed by atoms with E-state index in [1.165, 1.54) is 59.7 Å². The zero-order valence-electron chi connectivity index (χ0n) is 30.3. The van der Waals surface area contributed by atoms with Crippen molar-refractivity contribution < 1.29 is 0 Å². The smallest absolute Gasteiger partial charge is 0.162 e. The highest BCUT2D eigenvalue weighted by molar-refractivity contribution is 6.19. The van der Waals surface area contributed by atoms with Crippen molar-refractivity contribution in [1.82, 2.24) is 19.1 Å². The molecule has 0 aliphatic carbocycles. The van der Waals surface area contributed by atoms with E-state index in [0.717, 1.165) is 44.6 Å². The van der Waals surface area contributed by atoms with Crippen LogP contribution < -0.4 is 0 Å². The fourth-order valence-corrected chi connectivity index (χ4v) is 8.86. The first-order valence-electron chi connectivity index (χ1n) is 19.1. The van der Waals surface area contributed by atoms with Gasteiger partial charge in [0.15, 0.2) is 5.82 Å². The molecule has 0 amide bonds. The van der Waals surface area contributed by atoms with Crippen molar-refractivity contribution in [2.75, 3.05) is 0 Å². The predicted molar refractivity (Wildman–Crippen MR) is 234 cm³/mol. The van der Waals surface area contributed by atoms with Gasteiger partial charge in [0.05, 0.1) is 27.6 Å². The summed E-state index contributed by atoms with van der Waals surface area (Å²) >= 11 is 0. The summed E-state index contributed by atoms with van der Waals surface area (Å²) in [5, 5.41) is 10.7. The Kier molecular flexibility index (Phi) is 6.60. The Morgan fingerprint density at radius 2 is 0.946 bits per heavy atom. The summed E-state index contributed by atoms with van der Waals surface area (Å²) in [5.41, 5.74) is 9.98. The number of para-hydroxylation sites is 2. The Bertz CT molecular complexity index is 3520. The second-order valence-electron chi connectivity index (χ2n) is 14.6. The van der Waals surface area contributed by atoms with Crippen molar-refractivity contribution in [3.8, 4) is 34.0 Å². The molecule has 12 rings (SSSR count). The molecule has 9 aromatic carbocycles. The van der Waals surface area contributed by atoms with Gasteiger partial charge in [-0.15, -0.1) is 0 Å². The van der Waals surface area contributed by atoms with Crippen LogP contribution in [-0.4, -0.2) is 19.1 Å². The van der Waals surface area contributed by atoms with E-state index in [0.29, 0.717) is 5.82 Å². The lowest BCUT2D eigenvalue weighted by atomic mass is 10.0. The maximum atomic E-state index is 5.43. The first-order chi connectivity index (χ1) is 27.8. The van der Waals surface area contributed by atoms with Crippen LogP contribution in [0.2, 0.25) is 0 Å². The van der Waals surface area contributed by atoms with Gasteiger partial charge in [-0.05, 0) is 75.8 Å². The third-order valence-corrected chi connectivity index (χ3v) is 11.5. The first kappa shape index (κ1) is 30.9. The van der Waals surface area contributed by atoms with E-state index < -0.39 is 0 Å². The van der Waals surface area contributed by atoms with Gasteiger partial charge >= 0.3 is 0 Å². The van der Waals surface area contributed by atoms with Gasteiger partial charge in [0.25, 0.3) is 0 Å². The van der Waals surface area contributed by atoms with Crippen molar-refractivity contribution in [2.45, 2.75) is 0 Å². The lowest BCUT2D eigenvalue weighted by Gasteiger charge is -2.14. The molecule has 0 radical (unpaired) electrons. The number of hydrogen-bond acceptors (Lipinski definition) is 2. The van der Waals surface area contributed by atoms with Crippen LogP contribution in [-0.2, 0) is 0 Å². The van der Waals surface area contributed by atoms with Crippen LogP contribution in [0.15, 0.2) is 194 Å². The summed E-state index contributed by atoms with van der Waals surface area (Å²) < 4.78 is 4.81. The van der Waals surface area contributed by atoms with Gasteiger partial charge in [0, 0.05) is 43.6 Å². The summed E-state index contributed by atoms with van der Waals surface area (Å²) in [5.74, 6) is 1.56. The number of aromatic nitrogens is 4. The van der Waals surface area contributed by atoms with E-state index in [1.54, 1.807) is 0 Å². The number of hydrogen-bond donors (Lipinski definition) is 0. The molecular weight excluding hydrogens is 681 g/mol. The average molecular weight is 713 g/mol. The Morgan fingerprint density at radius 1 is 0.321 bits per heavy atom. The number of benzene rings is 9. The second kappa shape index (κ2) is 12.0. The summed E-state index contributed by atoms with van der Waals surface area (Å²) in [4.78, 5) is 10.6. The largest absolute Gasteiger partial charge is 0.309 e. The monoisotopic (exact) mass is 712 g/mol. The topological polar surface area (TPSA) is 35.6 Å². The molecule has 0 saturated heterocycles. The van der Waals surface area contributed by atoms with E-state index in [4.69, 9.17) is 9.97 Å². The van der Waals surface area contributed by atoms with E-state index in [2.05, 4.69) is 197 Å².